The summed E-state index contributed by atoms with van der Waals surface area (Å²) in [4.78, 5) is 24.7. The number of nitrogens with two attached hydrogens (primary N) is 1. The Hall–Kier alpha value is -2.10. The van der Waals surface area contributed by atoms with Gasteiger partial charge in [-0.05, 0) is 24.4 Å². The summed E-state index contributed by atoms with van der Waals surface area (Å²) in [6.07, 6.45) is 2.89. The molecule has 0 aliphatic carbocycles. The molecule has 0 saturated carbocycles. The number of benzene rings is 1. The Morgan fingerprint density at radius 3 is 2.13 bits per heavy atom. The maximum Gasteiger partial charge on any atom is 0.261 e. The predicted octanol–water partition coefficient (Wildman–Crippen LogP) is 0.755. The molecule has 1 aromatic rings. The number of fused-ring (bicyclic) bond motifs is 1. The van der Waals surface area contributed by atoms with E-state index in [9.17, 15) is 9.59 Å². The molecule has 0 saturated heterocycles. The lowest BCUT2D eigenvalue weighted by Crippen LogP contribution is -2.29. The zero-order valence-electron chi connectivity index (χ0n) is 8.01. The van der Waals surface area contributed by atoms with Crippen molar-refractivity contribution < 1.29 is 9.59 Å². The van der Waals surface area contributed by atoms with Crippen LogP contribution in [0.4, 0.5) is 0 Å². The molecule has 0 aromatic heterocycles. The Morgan fingerprint density at radius 2 is 1.67 bits per heavy atom. The number of hydrogen-bond donors (Lipinski definition) is 1. The SMILES string of the molecule is N/C=C/CN1C(=O)c2ccccc2C1=O. The van der Waals surface area contributed by atoms with Gasteiger partial charge in [-0.25, -0.2) is 0 Å². The summed E-state index contributed by atoms with van der Waals surface area (Å²) in [7, 11) is 0. The number of amides is 2. The summed E-state index contributed by atoms with van der Waals surface area (Å²) in [6.45, 7) is 0.225. The van der Waals surface area contributed by atoms with Crippen molar-refractivity contribution in [2.24, 2.45) is 5.73 Å². The summed E-state index contributed by atoms with van der Waals surface area (Å²) in [5.41, 5.74) is 6.10. The highest BCUT2D eigenvalue weighted by Gasteiger charge is 2.33. The van der Waals surface area contributed by atoms with Crippen LogP contribution in [0.2, 0.25) is 0 Å². The van der Waals surface area contributed by atoms with E-state index >= 15 is 0 Å². The lowest BCUT2D eigenvalue weighted by atomic mass is 10.1. The highest BCUT2D eigenvalue weighted by atomic mass is 16.2. The second kappa shape index (κ2) is 3.57. The minimum absolute atomic E-state index is 0.225. The molecule has 1 heterocycles. The van der Waals surface area contributed by atoms with Crippen molar-refractivity contribution in [3.05, 3.63) is 47.7 Å². The largest absolute Gasteiger partial charge is 0.405 e. The molecule has 15 heavy (non-hydrogen) atoms. The van der Waals surface area contributed by atoms with E-state index in [1.807, 2.05) is 0 Å². The molecule has 0 spiro atoms. The van der Waals surface area contributed by atoms with Crippen molar-refractivity contribution in [3.63, 3.8) is 0 Å². The monoisotopic (exact) mass is 202 g/mol. The third kappa shape index (κ3) is 1.40. The summed E-state index contributed by atoms with van der Waals surface area (Å²) in [5.74, 6) is -0.512. The Bertz CT molecular complexity index is 417. The third-order valence-electron chi connectivity index (χ3n) is 2.30. The zero-order valence-corrected chi connectivity index (χ0v) is 8.01. The fraction of sp³-hybridized carbons (Fsp3) is 0.0909. The van der Waals surface area contributed by atoms with Crippen LogP contribution in [0.5, 0.6) is 0 Å². The standard InChI is InChI=1S/C11H10N2O2/c12-6-3-7-13-10(14)8-4-1-2-5-9(8)11(13)15/h1-6H,7,12H2/b6-3+. The molecule has 76 valence electrons. The second-order valence-electron chi connectivity index (χ2n) is 3.19. The first-order valence-corrected chi connectivity index (χ1v) is 4.57. The van der Waals surface area contributed by atoms with Crippen molar-refractivity contribution in [1.29, 1.82) is 0 Å². The maximum absolute atomic E-state index is 11.7. The Labute approximate surface area is 87.0 Å². The average Bonchev–Trinajstić information content (AvgIpc) is 2.51. The maximum atomic E-state index is 11.7. The molecule has 4 nitrogen and oxygen atoms in total. The molecular weight excluding hydrogens is 192 g/mol. The molecule has 0 radical (unpaired) electrons. The van der Waals surface area contributed by atoms with Crippen LogP contribution in [0.1, 0.15) is 20.7 Å². The summed E-state index contributed by atoms with van der Waals surface area (Å²) in [6, 6.07) is 6.79. The first-order valence-electron chi connectivity index (χ1n) is 4.57. The van der Waals surface area contributed by atoms with Gasteiger partial charge in [0.15, 0.2) is 0 Å². The van der Waals surface area contributed by atoms with Crippen molar-refractivity contribution in [2.75, 3.05) is 6.54 Å². The molecule has 0 atom stereocenters. The molecule has 0 bridgehead atoms. The van der Waals surface area contributed by atoms with Gasteiger partial charge in [-0.3, -0.25) is 14.5 Å². The first-order chi connectivity index (χ1) is 7.25. The lowest BCUT2D eigenvalue weighted by molar-refractivity contribution is 0.0672. The van der Waals surface area contributed by atoms with Gasteiger partial charge < -0.3 is 5.73 Å². The van der Waals surface area contributed by atoms with Gasteiger partial charge in [-0.2, -0.15) is 0 Å². The van der Waals surface area contributed by atoms with E-state index in [0.717, 1.165) is 0 Å². The van der Waals surface area contributed by atoms with Gasteiger partial charge in [-0.15, -0.1) is 0 Å². The van der Waals surface area contributed by atoms with Crippen LogP contribution in [-0.4, -0.2) is 23.3 Å². The van der Waals surface area contributed by atoms with Gasteiger partial charge in [0, 0.05) is 6.54 Å². The fourth-order valence-electron chi connectivity index (χ4n) is 1.57. The van der Waals surface area contributed by atoms with Gasteiger partial charge in [0.2, 0.25) is 0 Å². The van der Waals surface area contributed by atoms with Crippen LogP contribution in [0.3, 0.4) is 0 Å². The van der Waals surface area contributed by atoms with E-state index in [1.54, 1.807) is 30.3 Å². The van der Waals surface area contributed by atoms with E-state index < -0.39 is 0 Å². The van der Waals surface area contributed by atoms with E-state index in [4.69, 9.17) is 5.73 Å². The quantitative estimate of drug-likeness (QED) is 0.720. The smallest absolute Gasteiger partial charge is 0.261 e. The topological polar surface area (TPSA) is 63.4 Å². The van der Waals surface area contributed by atoms with Crippen molar-refractivity contribution in [1.82, 2.24) is 4.90 Å². The van der Waals surface area contributed by atoms with E-state index in [-0.39, 0.29) is 18.4 Å². The summed E-state index contributed by atoms with van der Waals surface area (Å²) < 4.78 is 0. The molecule has 1 aromatic carbocycles. The number of rotatable bonds is 2. The molecular formula is C11H10N2O2. The number of imide groups is 1. The van der Waals surface area contributed by atoms with Crippen molar-refractivity contribution in [2.45, 2.75) is 0 Å². The van der Waals surface area contributed by atoms with Crippen LogP contribution in [0.15, 0.2) is 36.5 Å². The van der Waals surface area contributed by atoms with Crippen LogP contribution in [-0.2, 0) is 0 Å². The molecule has 2 rings (SSSR count). The van der Waals surface area contributed by atoms with Gasteiger partial charge in [0.25, 0.3) is 11.8 Å². The Morgan fingerprint density at radius 1 is 1.13 bits per heavy atom. The minimum Gasteiger partial charge on any atom is -0.405 e. The highest BCUT2D eigenvalue weighted by Crippen LogP contribution is 2.21. The van der Waals surface area contributed by atoms with Crippen LogP contribution >= 0.6 is 0 Å². The average molecular weight is 202 g/mol. The summed E-state index contributed by atoms with van der Waals surface area (Å²) in [5, 5.41) is 0. The van der Waals surface area contributed by atoms with E-state index in [1.165, 1.54) is 11.1 Å². The van der Waals surface area contributed by atoms with Gasteiger partial charge in [0.1, 0.15) is 0 Å². The zero-order chi connectivity index (χ0) is 10.8. The van der Waals surface area contributed by atoms with Crippen LogP contribution in [0, 0.1) is 0 Å². The summed E-state index contributed by atoms with van der Waals surface area (Å²) >= 11 is 0. The van der Waals surface area contributed by atoms with E-state index in [0.29, 0.717) is 11.1 Å². The number of carbonyl (C=O) groups is 2. The molecule has 1 aliphatic rings. The Kier molecular flexibility index (Phi) is 2.25. The van der Waals surface area contributed by atoms with Gasteiger partial charge in [-0.1, -0.05) is 12.1 Å². The third-order valence-corrected chi connectivity index (χ3v) is 2.30. The highest BCUT2D eigenvalue weighted by molar-refractivity contribution is 6.21. The Balaban J connectivity index is 2.37. The molecule has 2 amide bonds. The van der Waals surface area contributed by atoms with E-state index in [2.05, 4.69) is 0 Å². The lowest BCUT2D eigenvalue weighted by Gasteiger charge is -2.09. The number of nitrogens with zero attached hydrogens (tertiary/aromatic N) is 1. The minimum atomic E-state index is -0.256. The molecule has 0 fully saturated rings. The second-order valence-corrected chi connectivity index (χ2v) is 3.19. The van der Waals surface area contributed by atoms with Crippen molar-refractivity contribution >= 4 is 11.8 Å². The molecule has 1 aliphatic heterocycles. The predicted molar refractivity (Wildman–Crippen MR) is 55.1 cm³/mol. The number of carbonyl (C=O) groups excluding carboxylic acids is 2. The number of hydrogen-bond acceptors (Lipinski definition) is 3. The first kappa shape index (κ1) is 9.45. The van der Waals surface area contributed by atoms with Gasteiger partial charge >= 0.3 is 0 Å². The van der Waals surface area contributed by atoms with Gasteiger partial charge in [0.05, 0.1) is 11.1 Å². The normalized spacial score (nSPS) is 15.1. The fourth-order valence-corrected chi connectivity index (χ4v) is 1.57. The molecule has 2 N–H and O–H groups in total. The molecule has 4 heteroatoms. The van der Waals surface area contributed by atoms with Crippen LogP contribution < -0.4 is 5.73 Å². The molecule has 0 unspecified atom stereocenters. The van der Waals surface area contributed by atoms with Crippen LogP contribution in [0.25, 0.3) is 0 Å². The van der Waals surface area contributed by atoms with Crippen molar-refractivity contribution in [3.8, 4) is 0 Å².